The van der Waals surface area contributed by atoms with Gasteiger partial charge in [-0.2, -0.15) is 15.1 Å². The van der Waals surface area contributed by atoms with Gasteiger partial charge in [-0.1, -0.05) is 30.3 Å². The molecular formula is C20H19N5O4. The van der Waals surface area contributed by atoms with Crippen molar-refractivity contribution < 1.29 is 19.0 Å². The molecule has 0 saturated carbocycles. The standard InChI is InChI=1S/C20H19N5O4/c1-27-18-12-19(28-2)24-20(23-18)29-16-9-6-10-21-15(16)13-22-25-17(26)11-14-7-4-3-5-8-14/h3-10,12-13H,11H2,1-2H3,(H,25,26)/b22-13+. The summed E-state index contributed by atoms with van der Waals surface area (Å²) in [6.07, 6.45) is 3.18. The van der Waals surface area contributed by atoms with Crippen molar-refractivity contribution >= 4 is 12.1 Å². The number of rotatable bonds is 8. The highest BCUT2D eigenvalue weighted by atomic mass is 16.5. The Balaban J connectivity index is 1.69. The topological polar surface area (TPSA) is 108 Å². The molecule has 1 aromatic carbocycles. The number of carbonyl (C=O) groups is 1. The smallest absolute Gasteiger partial charge is 0.328 e. The van der Waals surface area contributed by atoms with Crippen LogP contribution < -0.4 is 19.6 Å². The predicted molar refractivity (Wildman–Crippen MR) is 105 cm³/mol. The van der Waals surface area contributed by atoms with E-state index in [-0.39, 0.29) is 18.3 Å². The fraction of sp³-hybridized carbons (Fsp3) is 0.150. The first kappa shape index (κ1) is 19.7. The van der Waals surface area contributed by atoms with E-state index in [1.165, 1.54) is 26.5 Å². The van der Waals surface area contributed by atoms with E-state index in [2.05, 4.69) is 25.5 Å². The van der Waals surface area contributed by atoms with Crippen LogP contribution in [0.15, 0.2) is 59.8 Å². The number of aromatic nitrogens is 3. The SMILES string of the molecule is COc1cc(OC)nc(Oc2cccnc2/C=N/NC(=O)Cc2ccccc2)n1. The highest BCUT2D eigenvalue weighted by Gasteiger charge is 2.10. The van der Waals surface area contributed by atoms with Gasteiger partial charge in [0, 0.05) is 6.20 Å². The second-order valence-corrected chi connectivity index (χ2v) is 5.68. The third-order valence-electron chi connectivity index (χ3n) is 3.66. The summed E-state index contributed by atoms with van der Waals surface area (Å²) in [6.45, 7) is 0. The van der Waals surface area contributed by atoms with Crippen LogP contribution in [0.3, 0.4) is 0 Å². The van der Waals surface area contributed by atoms with Crippen molar-refractivity contribution in [2.45, 2.75) is 6.42 Å². The summed E-state index contributed by atoms with van der Waals surface area (Å²) in [4.78, 5) is 24.4. The van der Waals surface area contributed by atoms with Crippen molar-refractivity contribution in [1.82, 2.24) is 20.4 Å². The molecule has 0 spiro atoms. The fourth-order valence-corrected chi connectivity index (χ4v) is 2.31. The molecule has 0 aliphatic heterocycles. The molecule has 0 radical (unpaired) electrons. The van der Waals surface area contributed by atoms with Gasteiger partial charge in [0.1, 0.15) is 5.69 Å². The van der Waals surface area contributed by atoms with Gasteiger partial charge < -0.3 is 14.2 Å². The summed E-state index contributed by atoms with van der Waals surface area (Å²) in [5, 5.41) is 3.95. The highest BCUT2D eigenvalue weighted by molar-refractivity contribution is 5.84. The van der Waals surface area contributed by atoms with Crippen molar-refractivity contribution in [2.75, 3.05) is 14.2 Å². The minimum atomic E-state index is -0.244. The van der Waals surface area contributed by atoms with Gasteiger partial charge >= 0.3 is 6.01 Å². The molecule has 29 heavy (non-hydrogen) atoms. The number of hydrogen-bond donors (Lipinski definition) is 1. The summed E-state index contributed by atoms with van der Waals surface area (Å²) in [5.74, 6) is 0.689. The van der Waals surface area contributed by atoms with E-state index in [4.69, 9.17) is 14.2 Å². The molecule has 9 heteroatoms. The van der Waals surface area contributed by atoms with E-state index in [1.807, 2.05) is 30.3 Å². The lowest BCUT2D eigenvalue weighted by Crippen LogP contribution is -2.19. The Bertz CT molecular complexity index is 973. The van der Waals surface area contributed by atoms with E-state index < -0.39 is 0 Å². The second-order valence-electron chi connectivity index (χ2n) is 5.68. The minimum absolute atomic E-state index is 0.0250. The number of ether oxygens (including phenoxy) is 3. The Morgan fingerprint density at radius 1 is 1.07 bits per heavy atom. The number of carbonyl (C=O) groups excluding carboxylic acids is 1. The lowest BCUT2D eigenvalue weighted by molar-refractivity contribution is -0.120. The van der Waals surface area contributed by atoms with Gasteiger partial charge in [0.25, 0.3) is 0 Å². The zero-order valence-corrected chi connectivity index (χ0v) is 15.9. The quantitative estimate of drug-likeness (QED) is 0.462. The molecule has 3 aromatic rings. The van der Waals surface area contributed by atoms with Crippen LogP contribution in [0.2, 0.25) is 0 Å². The second kappa shape index (κ2) is 9.79. The molecule has 0 bridgehead atoms. The Kier molecular flexibility index (Phi) is 6.66. The average molecular weight is 393 g/mol. The molecule has 3 rings (SSSR count). The van der Waals surface area contributed by atoms with Gasteiger partial charge in [-0.15, -0.1) is 0 Å². The molecule has 0 unspecified atom stereocenters. The van der Waals surface area contributed by atoms with Crippen LogP contribution in [0.25, 0.3) is 0 Å². The van der Waals surface area contributed by atoms with Crippen LogP contribution in [-0.4, -0.2) is 41.3 Å². The number of benzene rings is 1. The highest BCUT2D eigenvalue weighted by Crippen LogP contribution is 2.24. The number of nitrogens with one attached hydrogen (secondary N) is 1. The van der Waals surface area contributed by atoms with Crippen LogP contribution in [0, 0.1) is 0 Å². The van der Waals surface area contributed by atoms with E-state index in [9.17, 15) is 4.79 Å². The molecule has 1 amide bonds. The number of hydrazone groups is 1. The Morgan fingerprint density at radius 2 is 1.79 bits per heavy atom. The normalized spacial score (nSPS) is 10.6. The lowest BCUT2D eigenvalue weighted by atomic mass is 10.1. The van der Waals surface area contributed by atoms with Gasteiger partial charge in [-0.25, -0.2) is 5.43 Å². The van der Waals surface area contributed by atoms with Crippen molar-refractivity contribution in [3.05, 3.63) is 66.0 Å². The minimum Gasteiger partial charge on any atom is -0.481 e. The molecule has 148 valence electrons. The Morgan fingerprint density at radius 3 is 2.48 bits per heavy atom. The van der Waals surface area contributed by atoms with Crippen LogP contribution in [0.1, 0.15) is 11.3 Å². The summed E-state index contributed by atoms with van der Waals surface area (Å²) >= 11 is 0. The monoisotopic (exact) mass is 393 g/mol. The zero-order valence-electron chi connectivity index (χ0n) is 15.9. The van der Waals surface area contributed by atoms with Gasteiger partial charge in [0.2, 0.25) is 17.7 Å². The molecule has 0 fully saturated rings. The van der Waals surface area contributed by atoms with E-state index >= 15 is 0 Å². The maximum Gasteiger partial charge on any atom is 0.328 e. The molecular weight excluding hydrogens is 374 g/mol. The molecule has 2 heterocycles. The van der Waals surface area contributed by atoms with Gasteiger partial charge in [-0.3, -0.25) is 9.78 Å². The van der Waals surface area contributed by atoms with Crippen molar-refractivity contribution in [2.24, 2.45) is 5.10 Å². The van der Waals surface area contributed by atoms with Gasteiger partial charge in [0.15, 0.2) is 5.75 Å². The van der Waals surface area contributed by atoms with Crippen molar-refractivity contribution in [3.8, 4) is 23.5 Å². The Labute approximate surface area is 167 Å². The third-order valence-corrected chi connectivity index (χ3v) is 3.66. The number of amides is 1. The largest absolute Gasteiger partial charge is 0.481 e. The first-order valence-corrected chi connectivity index (χ1v) is 8.63. The summed E-state index contributed by atoms with van der Waals surface area (Å²) in [7, 11) is 2.96. The van der Waals surface area contributed by atoms with Crippen LogP contribution in [0.5, 0.6) is 23.5 Å². The van der Waals surface area contributed by atoms with Gasteiger partial charge in [-0.05, 0) is 17.7 Å². The molecule has 0 atom stereocenters. The molecule has 1 N–H and O–H groups in total. The molecule has 0 saturated heterocycles. The predicted octanol–water partition coefficient (Wildman–Crippen LogP) is 2.37. The Hall–Kier alpha value is -4.01. The first-order chi connectivity index (χ1) is 14.2. The fourth-order valence-electron chi connectivity index (χ4n) is 2.31. The van der Waals surface area contributed by atoms with E-state index in [1.54, 1.807) is 18.3 Å². The number of nitrogens with zero attached hydrogens (tertiary/aromatic N) is 4. The molecule has 2 aromatic heterocycles. The first-order valence-electron chi connectivity index (χ1n) is 8.63. The van der Waals surface area contributed by atoms with Crippen LogP contribution in [0.4, 0.5) is 0 Å². The van der Waals surface area contributed by atoms with Gasteiger partial charge in [0.05, 0.1) is 32.9 Å². The van der Waals surface area contributed by atoms with E-state index in [0.717, 1.165) is 5.56 Å². The molecule has 0 aliphatic rings. The molecule has 9 nitrogen and oxygen atoms in total. The number of methoxy groups -OCH3 is 2. The number of pyridine rings is 1. The maximum atomic E-state index is 12.0. The van der Waals surface area contributed by atoms with Crippen molar-refractivity contribution in [3.63, 3.8) is 0 Å². The lowest BCUT2D eigenvalue weighted by Gasteiger charge is -2.08. The summed E-state index contributed by atoms with van der Waals surface area (Å²) < 4.78 is 15.9. The average Bonchev–Trinajstić information content (AvgIpc) is 2.75. The summed E-state index contributed by atoms with van der Waals surface area (Å²) in [5.41, 5.74) is 3.75. The van der Waals surface area contributed by atoms with Crippen LogP contribution in [-0.2, 0) is 11.2 Å². The van der Waals surface area contributed by atoms with Crippen molar-refractivity contribution in [1.29, 1.82) is 0 Å². The third kappa shape index (κ3) is 5.73. The molecule has 0 aliphatic carbocycles. The maximum absolute atomic E-state index is 12.0. The van der Waals surface area contributed by atoms with Crippen LogP contribution >= 0.6 is 0 Å². The van der Waals surface area contributed by atoms with E-state index in [0.29, 0.717) is 23.2 Å². The zero-order chi connectivity index (χ0) is 20.5. The number of hydrogen-bond acceptors (Lipinski definition) is 8. The summed E-state index contributed by atoms with van der Waals surface area (Å²) in [6, 6.07) is 14.3.